The summed E-state index contributed by atoms with van der Waals surface area (Å²) in [4.78, 5) is 31.8. The van der Waals surface area contributed by atoms with Crippen molar-refractivity contribution in [2.24, 2.45) is 0 Å². The van der Waals surface area contributed by atoms with Crippen molar-refractivity contribution in [1.29, 1.82) is 0 Å². The van der Waals surface area contributed by atoms with Gasteiger partial charge in [-0.25, -0.2) is 0 Å². The van der Waals surface area contributed by atoms with Crippen molar-refractivity contribution in [2.45, 2.75) is 39.7 Å². The number of aryl methyl sites for hydroxylation is 1. The van der Waals surface area contributed by atoms with E-state index >= 15 is 0 Å². The van der Waals surface area contributed by atoms with Crippen molar-refractivity contribution in [2.75, 3.05) is 16.8 Å². The van der Waals surface area contributed by atoms with Crippen molar-refractivity contribution >= 4 is 23.2 Å². The summed E-state index contributed by atoms with van der Waals surface area (Å²) < 4.78 is 5.84. The number of hydrogen-bond acceptors (Lipinski definition) is 4. The Balaban J connectivity index is 1.49. The molecular formula is C26H27N3O3. The number of hydrogen-bond donors (Lipinski definition) is 1. The van der Waals surface area contributed by atoms with E-state index < -0.39 is 0 Å². The Morgan fingerprint density at radius 3 is 2.72 bits per heavy atom. The third kappa shape index (κ3) is 4.80. The zero-order chi connectivity index (χ0) is 22.7. The number of ether oxygens (including phenoxy) is 1. The van der Waals surface area contributed by atoms with Gasteiger partial charge in [0.25, 0.3) is 5.91 Å². The van der Waals surface area contributed by atoms with Gasteiger partial charge in [0, 0.05) is 29.8 Å². The number of anilines is 2. The van der Waals surface area contributed by atoms with Gasteiger partial charge in [0.2, 0.25) is 5.91 Å². The SMILES string of the molecule is Cc1ccc(C(=O)Nc2ccc3c(c2)CCN3C(=O)Cc2ccccn2)c(OC(C)C)c1. The normalized spacial score (nSPS) is 12.6. The maximum absolute atomic E-state index is 12.9. The number of rotatable bonds is 6. The zero-order valence-electron chi connectivity index (χ0n) is 18.6. The standard InChI is InChI=1S/C26H27N3O3/c1-17(2)32-24-14-18(3)7-9-22(24)26(31)28-21-8-10-23-19(15-21)11-13-29(23)25(30)16-20-6-4-5-12-27-20/h4-10,12,14-15,17H,11,13,16H2,1-3H3,(H,28,31). The van der Waals surface area contributed by atoms with Crippen LogP contribution in [0, 0.1) is 6.92 Å². The van der Waals surface area contributed by atoms with Crippen LogP contribution in [-0.4, -0.2) is 29.4 Å². The molecule has 0 saturated heterocycles. The molecule has 164 valence electrons. The molecule has 6 nitrogen and oxygen atoms in total. The molecule has 0 aliphatic carbocycles. The summed E-state index contributed by atoms with van der Waals surface area (Å²) in [6.45, 7) is 6.47. The molecule has 2 aromatic carbocycles. The maximum Gasteiger partial charge on any atom is 0.259 e. The van der Waals surface area contributed by atoms with Gasteiger partial charge in [0.15, 0.2) is 0 Å². The third-order valence-corrected chi connectivity index (χ3v) is 5.34. The van der Waals surface area contributed by atoms with Gasteiger partial charge < -0.3 is 15.0 Å². The molecule has 2 heterocycles. The summed E-state index contributed by atoms with van der Waals surface area (Å²) in [7, 11) is 0. The average Bonchev–Trinajstić information content (AvgIpc) is 3.17. The molecule has 0 atom stereocenters. The van der Waals surface area contributed by atoms with Crippen molar-refractivity contribution in [3.63, 3.8) is 0 Å². The quantitative estimate of drug-likeness (QED) is 0.624. The minimum atomic E-state index is -0.221. The second-order valence-corrected chi connectivity index (χ2v) is 8.26. The summed E-state index contributed by atoms with van der Waals surface area (Å²) >= 11 is 0. The van der Waals surface area contributed by atoms with Gasteiger partial charge in [0.1, 0.15) is 5.75 Å². The fourth-order valence-electron chi connectivity index (χ4n) is 3.86. The first-order valence-corrected chi connectivity index (χ1v) is 10.8. The predicted octanol–water partition coefficient (Wildman–Crippen LogP) is 4.56. The lowest BCUT2D eigenvalue weighted by atomic mass is 10.1. The van der Waals surface area contributed by atoms with E-state index in [0.29, 0.717) is 23.5 Å². The van der Waals surface area contributed by atoms with Gasteiger partial charge in [-0.15, -0.1) is 0 Å². The molecule has 0 unspecified atom stereocenters. The molecule has 1 N–H and O–H groups in total. The van der Waals surface area contributed by atoms with E-state index in [2.05, 4.69) is 10.3 Å². The van der Waals surface area contributed by atoms with Crippen LogP contribution >= 0.6 is 0 Å². The predicted molar refractivity (Wildman–Crippen MR) is 125 cm³/mol. The molecule has 1 aromatic heterocycles. The number of carbonyl (C=O) groups excluding carboxylic acids is 2. The summed E-state index contributed by atoms with van der Waals surface area (Å²) in [6, 6.07) is 16.8. The van der Waals surface area contributed by atoms with Crippen molar-refractivity contribution in [3.05, 3.63) is 83.2 Å². The first-order valence-electron chi connectivity index (χ1n) is 10.8. The molecule has 0 fully saturated rings. The number of nitrogens with zero attached hydrogens (tertiary/aromatic N) is 2. The minimum absolute atomic E-state index is 0.0226. The van der Waals surface area contributed by atoms with Crippen LogP contribution in [0.15, 0.2) is 60.8 Å². The van der Waals surface area contributed by atoms with Gasteiger partial charge in [0.05, 0.1) is 18.1 Å². The largest absolute Gasteiger partial charge is 0.490 e. The van der Waals surface area contributed by atoms with E-state index in [0.717, 1.165) is 28.9 Å². The Bertz CT molecular complexity index is 1140. The smallest absolute Gasteiger partial charge is 0.259 e. The third-order valence-electron chi connectivity index (χ3n) is 5.34. The molecule has 0 spiro atoms. The second-order valence-electron chi connectivity index (χ2n) is 8.26. The van der Waals surface area contributed by atoms with Crippen LogP contribution in [0.2, 0.25) is 0 Å². The number of pyridine rings is 1. The topological polar surface area (TPSA) is 71.5 Å². The zero-order valence-corrected chi connectivity index (χ0v) is 18.6. The van der Waals surface area contributed by atoms with Crippen LogP contribution in [0.3, 0.4) is 0 Å². The highest BCUT2D eigenvalue weighted by Gasteiger charge is 2.25. The molecule has 0 saturated carbocycles. The fraction of sp³-hybridized carbons (Fsp3) is 0.269. The second kappa shape index (κ2) is 9.22. The average molecular weight is 430 g/mol. The van der Waals surface area contributed by atoms with Gasteiger partial charge >= 0.3 is 0 Å². The van der Waals surface area contributed by atoms with Gasteiger partial charge in [-0.1, -0.05) is 12.1 Å². The number of amides is 2. The van der Waals surface area contributed by atoms with Crippen LogP contribution in [-0.2, 0) is 17.6 Å². The molecule has 1 aliphatic heterocycles. The van der Waals surface area contributed by atoms with E-state index in [1.165, 1.54) is 0 Å². The Morgan fingerprint density at radius 2 is 1.97 bits per heavy atom. The molecular weight excluding hydrogens is 402 g/mol. The van der Waals surface area contributed by atoms with Crippen LogP contribution < -0.4 is 15.0 Å². The van der Waals surface area contributed by atoms with Gasteiger partial charge in [-0.05, 0) is 80.8 Å². The van der Waals surface area contributed by atoms with Gasteiger partial charge in [-0.2, -0.15) is 0 Å². The molecule has 6 heteroatoms. The molecule has 0 bridgehead atoms. The molecule has 32 heavy (non-hydrogen) atoms. The number of fused-ring (bicyclic) bond motifs is 1. The Hall–Kier alpha value is -3.67. The first kappa shape index (κ1) is 21.6. The van der Waals surface area contributed by atoms with Crippen LogP contribution in [0.25, 0.3) is 0 Å². The molecule has 4 rings (SSSR count). The summed E-state index contributed by atoms with van der Waals surface area (Å²) in [5.41, 5.74) is 4.92. The number of aromatic nitrogens is 1. The van der Waals surface area contributed by atoms with Crippen molar-refractivity contribution in [3.8, 4) is 5.75 Å². The Morgan fingerprint density at radius 1 is 1.12 bits per heavy atom. The summed E-state index contributed by atoms with van der Waals surface area (Å²) in [6.07, 6.45) is 2.68. The highest BCUT2D eigenvalue weighted by atomic mass is 16.5. The van der Waals surface area contributed by atoms with E-state index in [1.54, 1.807) is 17.2 Å². The maximum atomic E-state index is 12.9. The van der Waals surface area contributed by atoms with Crippen molar-refractivity contribution in [1.82, 2.24) is 4.98 Å². The minimum Gasteiger partial charge on any atom is -0.490 e. The lowest BCUT2D eigenvalue weighted by Crippen LogP contribution is -2.30. The van der Waals surface area contributed by atoms with Gasteiger partial charge in [-0.3, -0.25) is 14.6 Å². The summed E-state index contributed by atoms with van der Waals surface area (Å²) in [5.74, 6) is 0.376. The number of benzene rings is 2. The molecule has 2 amide bonds. The van der Waals surface area contributed by atoms with E-state index in [9.17, 15) is 9.59 Å². The van der Waals surface area contributed by atoms with E-state index in [1.807, 2.05) is 69.3 Å². The van der Waals surface area contributed by atoms with E-state index in [-0.39, 0.29) is 24.3 Å². The first-order chi connectivity index (χ1) is 15.4. The lowest BCUT2D eigenvalue weighted by Gasteiger charge is -2.18. The monoisotopic (exact) mass is 429 g/mol. The van der Waals surface area contributed by atoms with Crippen LogP contribution in [0.1, 0.15) is 41.0 Å². The Kier molecular flexibility index (Phi) is 6.21. The number of carbonyl (C=O) groups is 2. The van der Waals surface area contributed by atoms with Crippen LogP contribution in [0.4, 0.5) is 11.4 Å². The summed E-state index contributed by atoms with van der Waals surface area (Å²) in [5, 5.41) is 2.97. The molecule has 3 aromatic rings. The number of nitrogens with one attached hydrogen (secondary N) is 1. The lowest BCUT2D eigenvalue weighted by molar-refractivity contribution is -0.117. The fourth-order valence-corrected chi connectivity index (χ4v) is 3.86. The highest BCUT2D eigenvalue weighted by molar-refractivity contribution is 6.06. The Labute approximate surface area is 188 Å². The highest BCUT2D eigenvalue weighted by Crippen LogP contribution is 2.31. The molecule has 0 radical (unpaired) electrons. The van der Waals surface area contributed by atoms with E-state index in [4.69, 9.17) is 4.74 Å². The van der Waals surface area contributed by atoms with Crippen LogP contribution in [0.5, 0.6) is 5.75 Å². The molecule has 1 aliphatic rings. The van der Waals surface area contributed by atoms with Crippen molar-refractivity contribution < 1.29 is 14.3 Å².